The van der Waals surface area contributed by atoms with Crippen molar-refractivity contribution in [3.63, 3.8) is 0 Å². The number of hydrogen-bond donors (Lipinski definition) is 2. The summed E-state index contributed by atoms with van der Waals surface area (Å²) in [4.78, 5) is 26.6. The van der Waals surface area contributed by atoms with Gasteiger partial charge < -0.3 is 11.1 Å². The lowest BCUT2D eigenvalue weighted by atomic mass is 10.1. The number of anilines is 1. The Hall–Kier alpha value is -2.96. The van der Waals surface area contributed by atoms with Gasteiger partial charge in [-0.15, -0.1) is 0 Å². The van der Waals surface area contributed by atoms with Gasteiger partial charge in [-0.1, -0.05) is 12.1 Å². The number of nitrogens with one attached hydrogen (secondary N) is 1. The number of pyridine rings is 1. The summed E-state index contributed by atoms with van der Waals surface area (Å²) in [6.07, 6.45) is 3.25. The van der Waals surface area contributed by atoms with Crippen molar-refractivity contribution in [2.45, 2.75) is 13.0 Å². The number of carbonyl (C=O) groups excluding carboxylic acids is 1. The number of nitro groups is 1. The predicted molar refractivity (Wildman–Crippen MR) is 77.6 cm³/mol. The van der Waals surface area contributed by atoms with E-state index in [1.54, 1.807) is 25.4 Å². The van der Waals surface area contributed by atoms with E-state index < -0.39 is 10.8 Å². The van der Waals surface area contributed by atoms with Crippen LogP contribution in [0.2, 0.25) is 0 Å². The summed E-state index contributed by atoms with van der Waals surface area (Å²) in [5.41, 5.74) is 5.89. The third-order valence-electron chi connectivity index (χ3n) is 3.03. The first-order valence-electron chi connectivity index (χ1n) is 6.24. The van der Waals surface area contributed by atoms with Gasteiger partial charge in [-0.05, 0) is 30.7 Å². The lowest BCUT2D eigenvalue weighted by molar-refractivity contribution is -0.384. The Labute approximate surface area is 121 Å². The highest BCUT2D eigenvalue weighted by molar-refractivity contribution is 6.00. The first-order valence-corrected chi connectivity index (χ1v) is 6.24. The minimum atomic E-state index is -0.654. The second kappa shape index (κ2) is 6.00. The maximum Gasteiger partial charge on any atom is 0.304 e. The van der Waals surface area contributed by atoms with Crippen molar-refractivity contribution in [2.24, 2.45) is 0 Å². The van der Waals surface area contributed by atoms with Crippen molar-refractivity contribution in [3.05, 3.63) is 64.0 Å². The van der Waals surface area contributed by atoms with Crippen molar-refractivity contribution in [1.82, 2.24) is 10.3 Å². The van der Waals surface area contributed by atoms with Crippen LogP contribution in [-0.4, -0.2) is 15.8 Å². The normalized spacial score (nSPS) is 11.7. The second-order valence-electron chi connectivity index (χ2n) is 4.48. The van der Waals surface area contributed by atoms with Gasteiger partial charge in [0.2, 0.25) is 0 Å². The number of rotatable bonds is 4. The van der Waals surface area contributed by atoms with Crippen molar-refractivity contribution >= 4 is 17.3 Å². The van der Waals surface area contributed by atoms with Crippen LogP contribution in [0.1, 0.15) is 28.9 Å². The molecule has 1 heterocycles. The van der Waals surface area contributed by atoms with E-state index in [2.05, 4.69) is 10.3 Å². The maximum absolute atomic E-state index is 12.2. The number of amides is 1. The number of nitrogens with two attached hydrogens (primary N) is 1. The molecule has 7 heteroatoms. The van der Waals surface area contributed by atoms with Crippen LogP contribution in [0.4, 0.5) is 11.4 Å². The van der Waals surface area contributed by atoms with Crippen LogP contribution in [0.25, 0.3) is 0 Å². The molecular weight excluding hydrogens is 272 g/mol. The molecule has 0 aliphatic heterocycles. The van der Waals surface area contributed by atoms with Gasteiger partial charge in [0.05, 0.1) is 11.0 Å². The first-order chi connectivity index (χ1) is 10.0. The minimum Gasteiger partial charge on any atom is -0.393 e. The quantitative estimate of drug-likeness (QED) is 0.507. The summed E-state index contributed by atoms with van der Waals surface area (Å²) in [6, 6.07) is 7.50. The van der Waals surface area contributed by atoms with Gasteiger partial charge in [0.15, 0.2) is 0 Å². The van der Waals surface area contributed by atoms with Gasteiger partial charge in [0.1, 0.15) is 11.3 Å². The van der Waals surface area contributed by atoms with E-state index in [0.717, 1.165) is 5.56 Å². The minimum absolute atomic E-state index is 0.0401. The molecule has 2 rings (SSSR count). The highest BCUT2D eigenvalue weighted by Gasteiger charge is 2.24. The van der Waals surface area contributed by atoms with Crippen LogP contribution in [-0.2, 0) is 0 Å². The zero-order valence-electron chi connectivity index (χ0n) is 11.3. The fraction of sp³-hybridized carbons (Fsp3) is 0.143. The molecule has 1 unspecified atom stereocenters. The van der Waals surface area contributed by atoms with Crippen LogP contribution in [0.3, 0.4) is 0 Å². The second-order valence-corrected chi connectivity index (χ2v) is 4.48. The van der Waals surface area contributed by atoms with Crippen LogP contribution in [0.5, 0.6) is 0 Å². The molecule has 0 fully saturated rings. The SMILES string of the molecule is CC(NC(=O)c1cccc(N)c1[N+](=O)[O-])c1cccnc1. The topological polar surface area (TPSA) is 111 Å². The van der Waals surface area contributed by atoms with Gasteiger partial charge in [0.25, 0.3) is 5.91 Å². The van der Waals surface area contributed by atoms with E-state index in [4.69, 9.17) is 5.73 Å². The van der Waals surface area contributed by atoms with Crippen LogP contribution >= 0.6 is 0 Å². The van der Waals surface area contributed by atoms with Crippen molar-refractivity contribution in [1.29, 1.82) is 0 Å². The van der Waals surface area contributed by atoms with E-state index in [-0.39, 0.29) is 23.0 Å². The van der Waals surface area contributed by atoms with E-state index in [0.29, 0.717) is 0 Å². The average Bonchev–Trinajstić information content (AvgIpc) is 2.47. The van der Waals surface area contributed by atoms with Gasteiger partial charge in [0, 0.05) is 12.4 Å². The molecule has 0 radical (unpaired) electrons. The van der Waals surface area contributed by atoms with Gasteiger partial charge in [-0.2, -0.15) is 0 Å². The lowest BCUT2D eigenvalue weighted by Crippen LogP contribution is -2.27. The molecule has 2 aromatic rings. The number of carbonyl (C=O) groups is 1. The number of hydrogen-bond acceptors (Lipinski definition) is 5. The van der Waals surface area contributed by atoms with E-state index in [9.17, 15) is 14.9 Å². The molecule has 1 amide bonds. The van der Waals surface area contributed by atoms with Gasteiger partial charge in [-0.3, -0.25) is 19.9 Å². The van der Waals surface area contributed by atoms with Crippen molar-refractivity contribution in [3.8, 4) is 0 Å². The molecule has 0 bridgehead atoms. The third-order valence-corrected chi connectivity index (χ3v) is 3.03. The Morgan fingerprint density at radius 1 is 1.38 bits per heavy atom. The first kappa shape index (κ1) is 14.4. The molecule has 1 aromatic carbocycles. The van der Waals surface area contributed by atoms with Crippen LogP contribution in [0, 0.1) is 10.1 Å². The van der Waals surface area contributed by atoms with E-state index in [1.165, 1.54) is 18.2 Å². The van der Waals surface area contributed by atoms with Crippen molar-refractivity contribution < 1.29 is 9.72 Å². The summed E-state index contributed by atoms with van der Waals surface area (Å²) in [5.74, 6) is -0.551. The van der Waals surface area contributed by atoms with Gasteiger partial charge >= 0.3 is 5.69 Å². The number of nitrogens with zero attached hydrogens (tertiary/aromatic N) is 2. The molecule has 0 aliphatic carbocycles. The van der Waals surface area contributed by atoms with E-state index in [1.807, 2.05) is 6.07 Å². The number of benzene rings is 1. The summed E-state index contributed by atoms with van der Waals surface area (Å²) in [6.45, 7) is 1.77. The standard InChI is InChI=1S/C14H14N4O3/c1-9(10-4-3-7-16-8-10)17-14(19)11-5-2-6-12(15)13(11)18(20)21/h2-9H,15H2,1H3,(H,17,19). The Kier molecular flexibility index (Phi) is 4.13. The summed E-state index contributed by atoms with van der Waals surface area (Å²) < 4.78 is 0. The largest absolute Gasteiger partial charge is 0.393 e. The molecule has 0 aliphatic rings. The molecular formula is C14H14N4O3. The average molecular weight is 286 g/mol. The fourth-order valence-electron chi connectivity index (χ4n) is 1.94. The summed E-state index contributed by atoms with van der Waals surface area (Å²) >= 11 is 0. The Morgan fingerprint density at radius 2 is 2.14 bits per heavy atom. The van der Waals surface area contributed by atoms with E-state index >= 15 is 0 Å². The maximum atomic E-state index is 12.2. The number of aromatic nitrogens is 1. The Morgan fingerprint density at radius 3 is 2.76 bits per heavy atom. The number of nitrogen functional groups attached to an aromatic ring is 1. The Bertz CT molecular complexity index is 673. The van der Waals surface area contributed by atoms with Crippen molar-refractivity contribution in [2.75, 3.05) is 5.73 Å². The zero-order chi connectivity index (χ0) is 15.4. The van der Waals surface area contributed by atoms with Crippen LogP contribution in [0.15, 0.2) is 42.7 Å². The molecule has 0 saturated carbocycles. The summed E-state index contributed by atoms with van der Waals surface area (Å²) in [7, 11) is 0. The lowest BCUT2D eigenvalue weighted by Gasteiger charge is -2.14. The smallest absolute Gasteiger partial charge is 0.304 e. The van der Waals surface area contributed by atoms with Crippen LogP contribution < -0.4 is 11.1 Å². The molecule has 1 aromatic heterocycles. The van der Waals surface area contributed by atoms with Gasteiger partial charge in [-0.25, -0.2) is 0 Å². The summed E-state index contributed by atoms with van der Waals surface area (Å²) in [5, 5.41) is 13.7. The fourth-order valence-corrected chi connectivity index (χ4v) is 1.94. The number of nitro benzene ring substituents is 1. The number of para-hydroxylation sites is 1. The monoisotopic (exact) mass is 286 g/mol. The molecule has 0 saturated heterocycles. The highest BCUT2D eigenvalue weighted by Crippen LogP contribution is 2.26. The molecule has 0 spiro atoms. The molecule has 108 valence electrons. The predicted octanol–water partition coefficient (Wildman–Crippen LogP) is 2.06. The molecule has 1 atom stereocenters. The zero-order valence-corrected chi connectivity index (χ0v) is 11.3. The Balaban J connectivity index is 2.26. The molecule has 3 N–H and O–H groups in total. The third kappa shape index (κ3) is 3.14. The molecule has 7 nitrogen and oxygen atoms in total. The highest BCUT2D eigenvalue weighted by atomic mass is 16.6. The molecule has 21 heavy (non-hydrogen) atoms.